The van der Waals surface area contributed by atoms with Crippen molar-refractivity contribution >= 4 is 33.1 Å². The van der Waals surface area contributed by atoms with Gasteiger partial charge in [-0.1, -0.05) is 42.5 Å². The lowest BCUT2D eigenvalue weighted by molar-refractivity contribution is 1.22. The van der Waals surface area contributed by atoms with Crippen molar-refractivity contribution in [3.63, 3.8) is 0 Å². The summed E-state index contributed by atoms with van der Waals surface area (Å²) in [7, 11) is 0. The summed E-state index contributed by atoms with van der Waals surface area (Å²) >= 11 is 0. The number of benzene rings is 3. The standard InChI is InChI=1S/C28H18N4/c1-3-12-23-21(10-1)29-27(25-14-6-16-31(23)25)19-8-5-9-20(18-19)28-26-15-7-17-32(26)24-13-4-2-11-22(24)30-28/h1-18H. The molecule has 4 heterocycles. The van der Waals surface area contributed by atoms with Crippen LogP contribution in [0.25, 0.3) is 55.6 Å². The van der Waals surface area contributed by atoms with Gasteiger partial charge in [-0.05, 0) is 54.6 Å². The van der Waals surface area contributed by atoms with E-state index in [-0.39, 0.29) is 0 Å². The second kappa shape index (κ2) is 6.53. The lowest BCUT2D eigenvalue weighted by atomic mass is 10.0. The molecule has 0 amide bonds. The highest BCUT2D eigenvalue weighted by Gasteiger charge is 2.14. The highest BCUT2D eigenvalue weighted by Crippen LogP contribution is 2.32. The van der Waals surface area contributed by atoms with Crippen LogP contribution >= 0.6 is 0 Å². The van der Waals surface area contributed by atoms with Crippen LogP contribution in [-0.4, -0.2) is 18.8 Å². The van der Waals surface area contributed by atoms with E-state index in [9.17, 15) is 0 Å². The molecule has 3 aromatic carbocycles. The Labute approximate surface area is 184 Å². The Kier molecular flexibility index (Phi) is 3.52. The summed E-state index contributed by atoms with van der Waals surface area (Å²) in [6.45, 7) is 0. The van der Waals surface area contributed by atoms with E-state index in [1.807, 2.05) is 12.1 Å². The Morgan fingerprint density at radius 2 is 0.906 bits per heavy atom. The van der Waals surface area contributed by atoms with Crippen LogP contribution in [0.4, 0.5) is 0 Å². The molecule has 32 heavy (non-hydrogen) atoms. The highest BCUT2D eigenvalue weighted by atomic mass is 14.9. The Morgan fingerprint density at radius 1 is 0.438 bits per heavy atom. The number of aromatic nitrogens is 4. The number of fused-ring (bicyclic) bond motifs is 6. The maximum absolute atomic E-state index is 5.04. The van der Waals surface area contributed by atoms with Gasteiger partial charge in [0.05, 0.1) is 44.5 Å². The van der Waals surface area contributed by atoms with Crippen LogP contribution in [0.15, 0.2) is 109 Å². The van der Waals surface area contributed by atoms with Gasteiger partial charge < -0.3 is 8.80 Å². The average molecular weight is 410 g/mol. The fraction of sp³-hybridized carbons (Fsp3) is 0. The lowest BCUT2D eigenvalue weighted by Gasteiger charge is -2.12. The minimum Gasteiger partial charge on any atom is -0.313 e. The van der Waals surface area contributed by atoms with Gasteiger partial charge in [0, 0.05) is 23.5 Å². The average Bonchev–Trinajstić information content (AvgIpc) is 3.54. The maximum atomic E-state index is 5.04. The predicted molar refractivity (Wildman–Crippen MR) is 130 cm³/mol. The van der Waals surface area contributed by atoms with Crippen LogP contribution in [0.2, 0.25) is 0 Å². The van der Waals surface area contributed by atoms with Crippen LogP contribution in [0.1, 0.15) is 0 Å². The summed E-state index contributed by atoms with van der Waals surface area (Å²) in [5.41, 5.74) is 10.5. The molecule has 4 nitrogen and oxygen atoms in total. The Morgan fingerprint density at radius 3 is 1.44 bits per heavy atom. The first-order valence-corrected chi connectivity index (χ1v) is 10.7. The number of para-hydroxylation sites is 4. The summed E-state index contributed by atoms with van der Waals surface area (Å²) in [5, 5.41) is 0. The van der Waals surface area contributed by atoms with E-state index >= 15 is 0 Å². The second-order valence-corrected chi connectivity index (χ2v) is 8.01. The molecule has 0 atom stereocenters. The molecule has 7 rings (SSSR count). The highest BCUT2D eigenvalue weighted by molar-refractivity contribution is 5.91. The van der Waals surface area contributed by atoms with E-state index in [1.165, 1.54) is 0 Å². The monoisotopic (exact) mass is 410 g/mol. The van der Waals surface area contributed by atoms with Gasteiger partial charge >= 0.3 is 0 Å². The third-order valence-corrected chi connectivity index (χ3v) is 6.14. The topological polar surface area (TPSA) is 34.6 Å². The third-order valence-electron chi connectivity index (χ3n) is 6.14. The molecule has 0 aliphatic heterocycles. The van der Waals surface area contributed by atoms with Crippen LogP contribution in [0, 0.1) is 0 Å². The Bertz CT molecular complexity index is 1660. The molecule has 4 aromatic heterocycles. The smallest absolute Gasteiger partial charge is 0.0950 e. The fourth-order valence-corrected chi connectivity index (χ4v) is 4.69. The first-order chi connectivity index (χ1) is 15.9. The predicted octanol–water partition coefficient (Wildman–Crippen LogP) is 6.62. The number of hydrogen-bond acceptors (Lipinski definition) is 2. The largest absolute Gasteiger partial charge is 0.313 e. The van der Waals surface area contributed by atoms with Gasteiger partial charge in [0.2, 0.25) is 0 Å². The van der Waals surface area contributed by atoms with Crippen molar-refractivity contribution in [3.8, 4) is 22.5 Å². The molecule has 0 radical (unpaired) electrons. The SMILES string of the molecule is c1cc(-c2nc3ccccc3n3cccc23)cc(-c2nc3ccccc3n3cccc23)c1. The molecular formula is C28H18N4. The molecule has 0 unspecified atom stereocenters. The molecule has 0 fully saturated rings. The zero-order valence-corrected chi connectivity index (χ0v) is 17.2. The van der Waals surface area contributed by atoms with E-state index in [2.05, 4.69) is 106 Å². The summed E-state index contributed by atoms with van der Waals surface area (Å²) in [5.74, 6) is 0. The molecule has 150 valence electrons. The first kappa shape index (κ1) is 17.3. The van der Waals surface area contributed by atoms with Crippen LogP contribution < -0.4 is 0 Å². The van der Waals surface area contributed by atoms with Gasteiger partial charge in [0.15, 0.2) is 0 Å². The summed E-state index contributed by atoms with van der Waals surface area (Å²) in [6.07, 6.45) is 4.20. The normalized spacial score (nSPS) is 11.8. The van der Waals surface area contributed by atoms with Gasteiger partial charge in [-0.2, -0.15) is 0 Å². The molecule has 4 heteroatoms. The van der Waals surface area contributed by atoms with Crippen molar-refractivity contribution in [2.75, 3.05) is 0 Å². The lowest BCUT2D eigenvalue weighted by Crippen LogP contribution is -1.96. The van der Waals surface area contributed by atoms with Crippen molar-refractivity contribution in [1.82, 2.24) is 18.8 Å². The third kappa shape index (κ3) is 2.44. The molecule has 0 saturated heterocycles. The Balaban J connectivity index is 1.49. The van der Waals surface area contributed by atoms with Crippen LogP contribution in [0.5, 0.6) is 0 Å². The van der Waals surface area contributed by atoms with E-state index in [0.717, 1.165) is 55.6 Å². The van der Waals surface area contributed by atoms with Gasteiger partial charge in [-0.3, -0.25) is 0 Å². The molecule has 0 spiro atoms. The molecule has 0 aliphatic carbocycles. The minimum absolute atomic E-state index is 0.975. The maximum Gasteiger partial charge on any atom is 0.0950 e. The number of nitrogens with zero attached hydrogens (tertiary/aromatic N) is 4. The molecule has 0 aliphatic rings. The van der Waals surface area contributed by atoms with E-state index in [0.29, 0.717) is 0 Å². The van der Waals surface area contributed by atoms with Gasteiger partial charge in [-0.15, -0.1) is 0 Å². The summed E-state index contributed by atoms with van der Waals surface area (Å²) < 4.78 is 4.42. The van der Waals surface area contributed by atoms with Crippen molar-refractivity contribution in [1.29, 1.82) is 0 Å². The molecule has 0 N–H and O–H groups in total. The molecule has 7 aromatic rings. The van der Waals surface area contributed by atoms with Crippen molar-refractivity contribution < 1.29 is 0 Å². The number of hydrogen-bond donors (Lipinski definition) is 0. The minimum atomic E-state index is 0.975. The van der Waals surface area contributed by atoms with Gasteiger partial charge in [0.1, 0.15) is 0 Å². The van der Waals surface area contributed by atoms with Crippen LogP contribution in [0.3, 0.4) is 0 Å². The van der Waals surface area contributed by atoms with Gasteiger partial charge in [-0.25, -0.2) is 9.97 Å². The van der Waals surface area contributed by atoms with E-state index in [4.69, 9.17) is 9.97 Å². The van der Waals surface area contributed by atoms with Crippen molar-refractivity contribution in [2.24, 2.45) is 0 Å². The zero-order chi connectivity index (χ0) is 21.1. The number of rotatable bonds is 2. The molecule has 0 bridgehead atoms. The summed E-state index contributed by atoms with van der Waals surface area (Å²) in [4.78, 5) is 10.1. The van der Waals surface area contributed by atoms with E-state index in [1.54, 1.807) is 0 Å². The molecule has 0 saturated carbocycles. The fourth-order valence-electron chi connectivity index (χ4n) is 4.69. The van der Waals surface area contributed by atoms with Gasteiger partial charge in [0.25, 0.3) is 0 Å². The summed E-state index contributed by atoms with van der Waals surface area (Å²) in [6, 6.07) is 33.5. The second-order valence-electron chi connectivity index (χ2n) is 8.01. The quantitative estimate of drug-likeness (QED) is 0.321. The van der Waals surface area contributed by atoms with E-state index < -0.39 is 0 Å². The first-order valence-electron chi connectivity index (χ1n) is 10.7. The molecular weight excluding hydrogens is 392 g/mol. The zero-order valence-electron chi connectivity index (χ0n) is 17.2. The van der Waals surface area contributed by atoms with Crippen molar-refractivity contribution in [2.45, 2.75) is 0 Å². The van der Waals surface area contributed by atoms with Crippen molar-refractivity contribution in [3.05, 3.63) is 109 Å². The van der Waals surface area contributed by atoms with Crippen LogP contribution in [-0.2, 0) is 0 Å². The Hall–Kier alpha value is -4.44.